The van der Waals surface area contributed by atoms with Gasteiger partial charge in [0.05, 0.1) is 5.69 Å². The van der Waals surface area contributed by atoms with E-state index in [1.165, 1.54) is 27.9 Å². The molecule has 0 unspecified atom stereocenters. The number of halogens is 1. The molecule has 2 aromatic heterocycles. The van der Waals surface area contributed by atoms with E-state index in [1.807, 2.05) is 17.3 Å². The lowest BCUT2D eigenvalue weighted by Gasteiger charge is -2.16. The Hall–Kier alpha value is -2.25. The van der Waals surface area contributed by atoms with Crippen LogP contribution >= 0.6 is 11.3 Å². The van der Waals surface area contributed by atoms with Crippen molar-refractivity contribution < 1.29 is 9.13 Å². The lowest BCUT2D eigenvalue weighted by molar-refractivity contribution is 0.225. The maximum Gasteiger partial charge on any atom is 0.258 e. The van der Waals surface area contributed by atoms with Crippen LogP contribution in [-0.2, 0) is 6.54 Å². The van der Waals surface area contributed by atoms with Crippen molar-refractivity contribution in [2.75, 3.05) is 20.2 Å². The molecule has 1 aromatic carbocycles. The third-order valence-corrected chi connectivity index (χ3v) is 4.11. The molecule has 0 N–H and O–H groups in total. The minimum absolute atomic E-state index is 0.0812. The number of hydrogen-bond donors (Lipinski definition) is 0. The van der Waals surface area contributed by atoms with Crippen molar-refractivity contribution in [3.8, 4) is 5.75 Å². The summed E-state index contributed by atoms with van der Waals surface area (Å²) in [5.74, 6) is -0.120. The van der Waals surface area contributed by atoms with Crippen LogP contribution < -0.4 is 10.3 Å². The lowest BCUT2D eigenvalue weighted by atomic mass is 10.3. The second-order valence-corrected chi connectivity index (χ2v) is 6.03. The lowest BCUT2D eigenvalue weighted by Crippen LogP contribution is -2.25. The highest BCUT2D eigenvalue weighted by Gasteiger charge is 2.07. The van der Waals surface area contributed by atoms with E-state index >= 15 is 0 Å². The van der Waals surface area contributed by atoms with E-state index in [0.717, 1.165) is 0 Å². The molecule has 3 aromatic rings. The van der Waals surface area contributed by atoms with Gasteiger partial charge in [-0.05, 0) is 19.2 Å². The van der Waals surface area contributed by atoms with Gasteiger partial charge in [-0.25, -0.2) is 9.37 Å². The second-order valence-electron chi connectivity index (χ2n) is 5.16. The van der Waals surface area contributed by atoms with Gasteiger partial charge in [0, 0.05) is 30.7 Å². The van der Waals surface area contributed by atoms with Gasteiger partial charge in [-0.3, -0.25) is 14.1 Å². The molecular formula is C16H16FN3O2S. The zero-order valence-electron chi connectivity index (χ0n) is 12.6. The summed E-state index contributed by atoms with van der Waals surface area (Å²) in [7, 11) is 1.91. The van der Waals surface area contributed by atoms with E-state index in [-0.39, 0.29) is 17.1 Å². The highest BCUT2D eigenvalue weighted by atomic mass is 32.1. The Bertz CT molecular complexity index is 862. The van der Waals surface area contributed by atoms with E-state index in [0.29, 0.717) is 30.4 Å². The van der Waals surface area contributed by atoms with Crippen molar-refractivity contribution in [2.45, 2.75) is 6.54 Å². The number of fused-ring (bicyclic) bond motifs is 1. The first-order valence-electron chi connectivity index (χ1n) is 7.15. The molecule has 0 atom stereocenters. The third-order valence-electron chi connectivity index (χ3n) is 3.36. The molecule has 0 aliphatic carbocycles. The first kappa shape index (κ1) is 15.6. The van der Waals surface area contributed by atoms with E-state index in [4.69, 9.17) is 4.74 Å². The Morgan fingerprint density at radius 2 is 2.22 bits per heavy atom. The molecule has 0 saturated heterocycles. The van der Waals surface area contributed by atoms with Crippen molar-refractivity contribution in [1.82, 2.24) is 14.3 Å². The van der Waals surface area contributed by atoms with Gasteiger partial charge in [-0.2, -0.15) is 0 Å². The summed E-state index contributed by atoms with van der Waals surface area (Å²) >= 11 is 1.43. The molecule has 0 amide bonds. The number of ether oxygens (including phenoxy) is 1. The van der Waals surface area contributed by atoms with Gasteiger partial charge in [-0.1, -0.05) is 12.1 Å². The molecule has 0 radical (unpaired) electrons. The fourth-order valence-electron chi connectivity index (χ4n) is 2.20. The maximum absolute atomic E-state index is 13.4. The maximum atomic E-state index is 13.4. The number of likely N-dealkylation sites (N-methyl/N-ethyl adjacent to an activating group) is 1. The van der Waals surface area contributed by atoms with Gasteiger partial charge in [0.15, 0.2) is 16.5 Å². The highest BCUT2D eigenvalue weighted by molar-refractivity contribution is 7.15. The normalized spacial score (nSPS) is 11.3. The standard InChI is InChI=1S/C16H16FN3O2S/c1-19(6-8-22-14-5-3-2-4-13(14)17)11-12-10-15(21)20-7-9-23-16(20)18-12/h2-5,7,9-10H,6,8,11H2,1H3. The van der Waals surface area contributed by atoms with Crippen LogP contribution in [-0.4, -0.2) is 34.5 Å². The van der Waals surface area contributed by atoms with Crippen LogP contribution in [0, 0.1) is 5.82 Å². The number of thiazole rings is 1. The molecule has 3 rings (SSSR count). The topological polar surface area (TPSA) is 46.8 Å². The summed E-state index contributed by atoms with van der Waals surface area (Å²) in [4.78, 5) is 19.0. The largest absolute Gasteiger partial charge is 0.489 e. The van der Waals surface area contributed by atoms with Gasteiger partial charge in [0.2, 0.25) is 0 Å². The molecule has 0 spiro atoms. The quantitative estimate of drug-likeness (QED) is 0.695. The Balaban J connectivity index is 1.57. The average molecular weight is 333 g/mol. The summed E-state index contributed by atoms with van der Waals surface area (Å²) in [5, 5.41) is 1.83. The Kier molecular flexibility index (Phi) is 4.68. The average Bonchev–Trinajstić information content (AvgIpc) is 2.98. The monoisotopic (exact) mass is 333 g/mol. The molecule has 0 bridgehead atoms. The molecule has 120 valence electrons. The fourth-order valence-corrected chi connectivity index (χ4v) is 2.94. The van der Waals surface area contributed by atoms with E-state index in [9.17, 15) is 9.18 Å². The first-order chi connectivity index (χ1) is 11.1. The van der Waals surface area contributed by atoms with E-state index in [1.54, 1.807) is 24.4 Å². The van der Waals surface area contributed by atoms with Gasteiger partial charge in [0.1, 0.15) is 6.61 Å². The molecule has 7 heteroatoms. The summed E-state index contributed by atoms with van der Waals surface area (Å²) in [6, 6.07) is 7.86. The van der Waals surface area contributed by atoms with E-state index in [2.05, 4.69) is 4.98 Å². The van der Waals surface area contributed by atoms with Gasteiger partial charge < -0.3 is 4.74 Å². The van der Waals surface area contributed by atoms with Crippen molar-refractivity contribution in [1.29, 1.82) is 0 Å². The zero-order chi connectivity index (χ0) is 16.2. The molecule has 5 nitrogen and oxygen atoms in total. The Morgan fingerprint density at radius 3 is 3.04 bits per heavy atom. The number of hydrogen-bond acceptors (Lipinski definition) is 5. The van der Waals surface area contributed by atoms with Crippen LogP contribution in [0.5, 0.6) is 5.75 Å². The minimum atomic E-state index is -0.368. The minimum Gasteiger partial charge on any atom is -0.489 e. The van der Waals surface area contributed by atoms with Crippen molar-refractivity contribution in [2.24, 2.45) is 0 Å². The fraction of sp³-hybridized carbons (Fsp3) is 0.250. The zero-order valence-corrected chi connectivity index (χ0v) is 13.4. The summed E-state index contributed by atoms with van der Waals surface area (Å²) in [6.45, 7) is 1.49. The number of rotatable bonds is 6. The molecule has 0 saturated carbocycles. The molecule has 23 heavy (non-hydrogen) atoms. The number of para-hydroxylation sites is 1. The second kappa shape index (κ2) is 6.89. The molecule has 2 heterocycles. The molecule has 0 fully saturated rings. The van der Waals surface area contributed by atoms with Crippen LogP contribution in [0.15, 0.2) is 46.7 Å². The van der Waals surface area contributed by atoms with Crippen LogP contribution in [0.25, 0.3) is 4.96 Å². The summed E-state index contributed by atoms with van der Waals surface area (Å²) in [5.41, 5.74) is 0.632. The van der Waals surface area contributed by atoms with Crippen LogP contribution in [0.4, 0.5) is 4.39 Å². The third kappa shape index (κ3) is 3.75. The highest BCUT2D eigenvalue weighted by Crippen LogP contribution is 2.15. The van der Waals surface area contributed by atoms with Gasteiger partial charge >= 0.3 is 0 Å². The summed E-state index contributed by atoms with van der Waals surface area (Å²) < 4.78 is 20.4. The van der Waals surface area contributed by atoms with Crippen LogP contribution in [0.3, 0.4) is 0 Å². The summed E-state index contributed by atoms with van der Waals surface area (Å²) in [6.07, 6.45) is 1.71. The number of nitrogens with zero attached hydrogens (tertiary/aromatic N) is 3. The Labute approximate surface area is 136 Å². The van der Waals surface area contributed by atoms with Gasteiger partial charge in [0.25, 0.3) is 5.56 Å². The van der Waals surface area contributed by atoms with Crippen molar-refractivity contribution >= 4 is 16.3 Å². The molecule has 0 aliphatic rings. The first-order valence-corrected chi connectivity index (χ1v) is 8.03. The number of benzene rings is 1. The van der Waals surface area contributed by atoms with Gasteiger partial charge in [-0.15, -0.1) is 11.3 Å². The molecular weight excluding hydrogens is 317 g/mol. The molecule has 0 aliphatic heterocycles. The van der Waals surface area contributed by atoms with E-state index < -0.39 is 0 Å². The predicted octanol–water partition coefficient (Wildman–Crippen LogP) is 2.41. The predicted molar refractivity (Wildman–Crippen MR) is 87.6 cm³/mol. The van der Waals surface area contributed by atoms with Crippen molar-refractivity contribution in [3.05, 3.63) is 63.8 Å². The van der Waals surface area contributed by atoms with Crippen LogP contribution in [0.1, 0.15) is 5.69 Å². The smallest absolute Gasteiger partial charge is 0.258 e. The van der Waals surface area contributed by atoms with Crippen molar-refractivity contribution in [3.63, 3.8) is 0 Å². The number of aromatic nitrogens is 2. The SMILES string of the molecule is CN(CCOc1ccccc1F)Cc1cc(=O)n2ccsc2n1. The Morgan fingerprint density at radius 1 is 1.39 bits per heavy atom. The van der Waals surface area contributed by atoms with Crippen LogP contribution in [0.2, 0.25) is 0 Å².